The molecule has 2 saturated heterocycles. The number of nitrogens with one attached hydrogen (secondary N) is 2. The van der Waals surface area contributed by atoms with Gasteiger partial charge in [0.15, 0.2) is 0 Å². The van der Waals surface area contributed by atoms with Crippen LogP contribution in [-0.2, 0) is 4.79 Å². The monoisotopic (exact) mass is 293 g/mol. The maximum absolute atomic E-state index is 12.5. The first-order valence-electron chi connectivity index (χ1n) is 6.75. The Kier molecular flexibility index (Phi) is 3.53. The van der Waals surface area contributed by atoms with Crippen molar-refractivity contribution >= 4 is 23.5 Å². The van der Waals surface area contributed by atoms with Gasteiger partial charge in [0.25, 0.3) is 0 Å². The van der Waals surface area contributed by atoms with E-state index < -0.39 is 6.04 Å². The van der Waals surface area contributed by atoms with E-state index in [2.05, 4.69) is 10.6 Å². The minimum absolute atomic E-state index is 0.0224. The minimum atomic E-state index is -0.456. The van der Waals surface area contributed by atoms with E-state index in [0.29, 0.717) is 11.6 Å². The second-order valence-electron chi connectivity index (χ2n) is 5.15. The van der Waals surface area contributed by atoms with E-state index in [1.165, 1.54) is 0 Å². The van der Waals surface area contributed by atoms with Gasteiger partial charge in [0.05, 0.1) is 6.04 Å². The molecule has 3 amide bonds. The lowest BCUT2D eigenvalue weighted by molar-refractivity contribution is -0.133. The van der Waals surface area contributed by atoms with Gasteiger partial charge in [-0.15, -0.1) is 0 Å². The van der Waals surface area contributed by atoms with Crippen LogP contribution in [0.4, 0.5) is 4.79 Å². The molecule has 0 unspecified atom stereocenters. The first-order valence-corrected chi connectivity index (χ1v) is 7.13. The Morgan fingerprint density at radius 2 is 2.25 bits per heavy atom. The lowest BCUT2D eigenvalue weighted by Crippen LogP contribution is -2.45. The number of rotatable bonds is 2. The Labute approximate surface area is 122 Å². The van der Waals surface area contributed by atoms with Gasteiger partial charge in [-0.3, -0.25) is 4.79 Å². The Morgan fingerprint density at radius 1 is 1.40 bits per heavy atom. The SMILES string of the molecule is O=C1NC[C@@H](C(=O)N2CCC[C@@H]2c2cccc(Cl)c2)N1. The van der Waals surface area contributed by atoms with E-state index >= 15 is 0 Å². The molecule has 2 heterocycles. The highest BCUT2D eigenvalue weighted by molar-refractivity contribution is 6.30. The summed E-state index contributed by atoms with van der Waals surface area (Å²) in [5, 5.41) is 5.94. The van der Waals surface area contributed by atoms with Crippen LogP contribution >= 0.6 is 11.6 Å². The van der Waals surface area contributed by atoms with E-state index in [1.54, 1.807) is 0 Å². The fraction of sp³-hybridized carbons (Fsp3) is 0.429. The third-order valence-electron chi connectivity index (χ3n) is 3.84. The van der Waals surface area contributed by atoms with Crippen molar-refractivity contribution in [3.63, 3.8) is 0 Å². The van der Waals surface area contributed by atoms with Crippen molar-refractivity contribution in [1.82, 2.24) is 15.5 Å². The predicted molar refractivity (Wildman–Crippen MR) is 75.5 cm³/mol. The maximum atomic E-state index is 12.5. The Morgan fingerprint density at radius 3 is 2.95 bits per heavy atom. The first kappa shape index (κ1) is 13.2. The average molecular weight is 294 g/mol. The number of carbonyl (C=O) groups excluding carboxylic acids is 2. The molecule has 0 aromatic heterocycles. The van der Waals surface area contributed by atoms with Gasteiger partial charge in [0.2, 0.25) is 5.91 Å². The molecular weight excluding hydrogens is 278 g/mol. The second-order valence-corrected chi connectivity index (χ2v) is 5.59. The zero-order chi connectivity index (χ0) is 14.1. The molecule has 2 N–H and O–H groups in total. The predicted octanol–water partition coefficient (Wildman–Crippen LogP) is 1.68. The van der Waals surface area contributed by atoms with E-state index in [-0.39, 0.29) is 18.0 Å². The summed E-state index contributed by atoms with van der Waals surface area (Å²) < 4.78 is 0. The van der Waals surface area contributed by atoms with Gasteiger partial charge in [-0.2, -0.15) is 0 Å². The zero-order valence-electron chi connectivity index (χ0n) is 10.9. The largest absolute Gasteiger partial charge is 0.336 e. The fourth-order valence-electron chi connectivity index (χ4n) is 2.90. The summed E-state index contributed by atoms with van der Waals surface area (Å²) in [5.74, 6) is -0.0224. The van der Waals surface area contributed by atoms with Crippen LogP contribution in [0.15, 0.2) is 24.3 Å². The summed E-state index contributed by atoms with van der Waals surface area (Å²) in [7, 11) is 0. The Bertz CT molecular complexity index is 549. The lowest BCUT2D eigenvalue weighted by Gasteiger charge is -2.27. The Balaban J connectivity index is 1.78. The van der Waals surface area contributed by atoms with Crippen molar-refractivity contribution < 1.29 is 9.59 Å². The number of halogens is 1. The summed E-state index contributed by atoms with van der Waals surface area (Å²) in [5.41, 5.74) is 1.06. The highest BCUT2D eigenvalue weighted by Gasteiger charge is 2.36. The van der Waals surface area contributed by atoms with Crippen molar-refractivity contribution in [3.05, 3.63) is 34.9 Å². The third-order valence-corrected chi connectivity index (χ3v) is 4.07. The van der Waals surface area contributed by atoms with Crippen LogP contribution in [0.25, 0.3) is 0 Å². The first-order chi connectivity index (χ1) is 9.65. The molecule has 0 aliphatic carbocycles. The maximum Gasteiger partial charge on any atom is 0.315 e. The van der Waals surface area contributed by atoms with E-state index in [0.717, 1.165) is 24.9 Å². The van der Waals surface area contributed by atoms with Gasteiger partial charge < -0.3 is 15.5 Å². The minimum Gasteiger partial charge on any atom is -0.336 e. The van der Waals surface area contributed by atoms with Crippen molar-refractivity contribution in [2.75, 3.05) is 13.1 Å². The normalized spacial score (nSPS) is 25.4. The molecule has 2 aliphatic rings. The molecule has 0 radical (unpaired) electrons. The molecular formula is C14H16ClN3O2. The molecule has 0 bridgehead atoms. The van der Waals surface area contributed by atoms with Gasteiger partial charge in [-0.1, -0.05) is 23.7 Å². The van der Waals surface area contributed by atoms with Crippen LogP contribution in [0.2, 0.25) is 5.02 Å². The van der Waals surface area contributed by atoms with Crippen LogP contribution in [0.3, 0.4) is 0 Å². The topological polar surface area (TPSA) is 61.4 Å². The molecule has 0 spiro atoms. The molecule has 106 valence electrons. The second kappa shape index (κ2) is 5.32. The number of amides is 3. The van der Waals surface area contributed by atoms with Crippen LogP contribution in [0.1, 0.15) is 24.4 Å². The summed E-state index contributed by atoms with van der Waals surface area (Å²) in [6.07, 6.45) is 1.90. The standard InChI is InChI=1S/C14H16ClN3O2/c15-10-4-1-3-9(7-10)12-5-2-6-18(12)13(19)11-8-16-14(20)17-11/h1,3-4,7,11-12H,2,5-6,8H2,(H2,16,17,20)/t11-,12+/m0/s1. The highest BCUT2D eigenvalue weighted by Crippen LogP contribution is 2.33. The Hall–Kier alpha value is -1.75. The summed E-state index contributed by atoms with van der Waals surface area (Å²) >= 11 is 6.03. The van der Waals surface area contributed by atoms with Crippen LogP contribution in [-0.4, -0.2) is 36.0 Å². The zero-order valence-corrected chi connectivity index (χ0v) is 11.7. The smallest absolute Gasteiger partial charge is 0.315 e. The quantitative estimate of drug-likeness (QED) is 0.871. The summed E-state index contributed by atoms with van der Waals surface area (Å²) in [4.78, 5) is 25.5. The van der Waals surface area contributed by atoms with Crippen LogP contribution < -0.4 is 10.6 Å². The molecule has 1 aromatic carbocycles. The van der Waals surface area contributed by atoms with Gasteiger partial charge >= 0.3 is 6.03 Å². The number of nitrogens with zero attached hydrogens (tertiary/aromatic N) is 1. The van der Waals surface area contributed by atoms with Gasteiger partial charge in [0, 0.05) is 18.1 Å². The lowest BCUT2D eigenvalue weighted by atomic mass is 10.0. The fourth-order valence-corrected chi connectivity index (χ4v) is 3.09. The van der Waals surface area contributed by atoms with Crippen molar-refractivity contribution in [2.45, 2.75) is 24.9 Å². The van der Waals surface area contributed by atoms with E-state index in [1.807, 2.05) is 29.2 Å². The van der Waals surface area contributed by atoms with Crippen molar-refractivity contribution in [2.24, 2.45) is 0 Å². The van der Waals surface area contributed by atoms with Crippen LogP contribution in [0, 0.1) is 0 Å². The van der Waals surface area contributed by atoms with Gasteiger partial charge in [-0.05, 0) is 30.5 Å². The number of benzene rings is 1. The van der Waals surface area contributed by atoms with E-state index in [9.17, 15) is 9.59 Å². The molecule has 2 atom stereocenters. The summed E-state index contributed by atoms with van der Waals surface area (Å²) in [6, 6.07) is 6.95. The molecule has 3 rings (SSSR count). The van der Waals surface area contributed by atoms with Crippen molar-refractivity contribution in [1.29, 1.82) is 0 Å². The van der Waals surface area contributed by atoms with Crippen molar-refractivity contribution in [3.8, 4) is 0 Å². The molecule has 2 fully saturated rings. The number of likely N-dealkylation sites (tertiary alicyclic amines) is 1. The molecule has 5 nitrogen and oxygen atoms in total. The van der Waals surface area contributed by atoms with Gasteiger partial charge in [-0.25, -0.2) is 4.79 Å². The average Bonchev–Trinajstić information content (AvgIpc) is 3.06. The molecule has 20 heavy (non-hydrogen) atoms. The number of carbonyl (C=O) groups is 2. The van der Waals surface area contributed by atoms with Crippen LogP contribution in [0.5, 0.6) is 0 Å². The molecule has 2 aliphatic heterocycles. The molecule has 0 saturated carbocycles. The number of urea groups is 1. The molecule has 6 heteroatoms. The number of hydrogen-bond acceptors (Lipinski definition) is 2. The number of hydrogen-bond donors (Lipinski definition) is 2. The summed E-state index contributed by atoms with van der Waals surface area (Å²) in [6.45, 7) is 1.08. The molecule has 1 aromatic rings. The van der Waals surface area contributed by atoms with Gasteiger partial charge in [0.1, 0.15) is 6.04 Å². The highest BCUT2D eigenvalue weighted by atomic mass is 35.5. The third kappa shape index (κ3) is 2.45. The van der Waals surface area contributed by atoms with E-state index in [4.69, 9.17) is 11.6 Å².